The van der Waals surface area contributed by atoms with E-state index in [-0.39, 0.29) is 24.0 Å². The Morgan fingerprint density at radius 3 is 2.78 bits per heavy atom. The van der Waals surface area contributed by atoms with E-state index < -0.39 is 0 Å². The summed E-state index contributed by atoms with van der Waals surface area (Å²) >= 11 is 1.60. The van der Waals surface area contributed by atoms with Gasteiger partial charge in [-0.15, -0.1) is 35.3 Å². The topological polar surface area (TPSA) is 71.7 Å². The number of halogens is 1. The molecule has 2 aromatic heterocycles. The first kappa shape index (κ1) is 21.2. The second-order valence-corrected chi connectivity index (χ2v) is 6.35. The number of para-hydroxylation sites is 1. The molecule has 0 amide bonds. The molecule has 3 aromatic rings. The summed E-state index contributed by atoms with van der Waals surface area (Å²) in [7, 11) is 0. The van der Waals surface area contributed by atoms with Gasteiger partial charge in [-0.1, -0.05) is 24.3 Å². The van der Waals surface area contributed by atoms with Crippen molar-refractivity contribution in [1.29, 1.82) is 0 Å². The Labute approximate surface area is 180 Å². The maximum Gasteiger partial charge on any atom is 0.236 e. The Bertz CT molecular complexity index is 806. The van der Waals surface area contributed by atoms with Crippen LogP contribution in [-0.2, 0) is 6.54 Å². The molecule has 0 fully saturated rings. The summed E-state index contributed by atoms with van der Waals surface area (Å²) in [5.74, 6) is 2.23. The van der Waals surface area contributed by atoms with Crippen molar-refractivity contribution in [2.45, 2.75) is 13.5 Å². The van der Waals surface area contributed by atoms with Gasteiger partial charge < -0.3 is 19.8 Å². The monoisotopic (exact) mass is 498 g/mol. The standard InChI is InChI=1S/C19H22N4O2S.HI/c1-2-20-19(21-10-11-24-16-7-4-3-5-8-16)22-13-15-14-25-18(23-15)17-9-6-12-26-17;/h3-9,12,14H,2,10-11,13H2,1H3,(H2,20,21,22);1H. The smallest absolute Gasteiger partial charge is 0.236 e. The van der Waals surface area contributed by atoms with Gasteiger partial charge in [-0.25, -0.2) is 9.98 Å². The van der Waals surface area contributed by atoms with Crippen molar-refractivity contribution in [2.24, 2.45) is 4.99 Å². The fourth-order valence-electron chi connectivity index (χ4n) is 2.25. The number of guanidine groups is 1. The van der Waals surface area contributed by atoms with Crippen LogP contribution in [0.15, 0.2) is 63.5 Å². The minimum Gasteiger partial charge on any atom is -0.492 e. The number of benzene rings is 1. The number of ether oxygens (including phenoxy) is 1. The number of hydrogen-bond donors (Lipinski definition) is 2. The lowest BCUT2D eigenvalue weighted by Crippen LogP contribution is -2.39. The maximum atomic E-state index is 5.67. The van der Waals surface area contributed by atoms with Crippen molar-refractivity contribution in [1.82, 2.24) is 15.6 Å². The minimum absolute atomic E-state index is 0. The number of nitrogens with zero attached hydrogens (tertiary/aromatic N) is 2. The molecule has 0 spiro atoms. The van der Waals surface area contributed by atoms with Crippen LogP contribution >= 0.6 is 35.3 Å². The molecule has 0 bridgehead atoms. The number of oxazole rings is 1. The van der Waals surface area contributed by atoms with Crippen LogP contribution in [0.4, 0.5) is 0 Å². The summed E-state index contributed by atoms with van der Waals surface area (Å²) < 4.78 is 11.2. The van der Waals surface area contributed by atoms with Crippen molar-refractivity contribution in [3.63, 3.8) is 0 Å². The van der Waals surface area contributed by atoms with E-state index in [0.29, 0.717) is 25.6 Å². The molecule has 3 rings (SSSR count). The first-order chi connectivity index (χ1) is 12.8. The van der Waals surface area contributed by atoms with E-state index in [1.807, 2.05) is 54.8 Å². The van der Waals surface area contributed by atoms with E-state index in [4.69, 9.17) is 9.15 Å². The third kappa shape index (κ3) is 6.87. The molecule has 6 nitrogen and oxygen atoms in total. The fraction of sp³-hybridized carbons (Fsp3) is 0.263. The zero-order chi connectivity index (χ0) is 18.0. The predicted molar refractivity (Wildman–Crippen MR) is 120 cm³/mol. The molecule has 27 heavy (non-hydrogen) atoms. The number of rotatable bonds is 8. The number of thiophene rings is 1. The molecule has 0 saturated heterocycles. The highest BCUT2D eigenvalue weighted by Gasteiger charge is 2.07. The molecule has 0 aliphatic carbocycles. The van der Waals surface area contributed by atoms with Crippen molar-refractivity contribution >= 4 is 41.3 Å². The van der Waals surface area contributed by atoms with E-state index in [9.17, 15) is 0 Å². The summed E-state index contributed by atoms with van der Waals surface area (Å²) in [5.41, 5.74) is 0.797. The summed E-state index contributed by atoms with van der Waals surface area (Å²) in [4.78, 5) is 10.0. The Morgan fingerprint density at radius 2 is 2.04 bits per heavy atom. The molecular formula is C19H23IN4O2S. The number of hydrogen-bond acceptors (Lipinski definition) is 5. The molecule has 2 heterocycles. The molecule has 0 atom stereocenters. The van der Waals surface area contributed by atoms with Gasteiger partial charge in [0, 0.05) is 6.54 Å². The Kier molecular flexibility index (Phi) is 9.12. The highest BCUT2D eigenvalue weighted by atomic mass is 127. The third-order valence-electron chi connectivity index (χ3n) is 3.43. The molecule has 0 aliphatic heterocycles. The maximum absolute atomic E-state index is 5.67. The van der Waals surface area contributed by atoms with Crippen molar-refractivity contribution in [3.8, 4) is 16.5 Å². The summed E-state index contributed by atoms with van der Waals surface area (Å²) in [6, 6.07) is 13.7. The highest BCUT2D eigenvalue weighted by molar-refractivity contribution is 14.0. The number of aliphatic imine (C=N–C) groups is 1. The third-order valence-corrected chi connectivity index (χ3v) is 4.29. The quantitative estimate of drug-likeness (QED) is 0.211. The van der Waals surface area contributed by atoms with Gasteiger partial charge in [0.2, 0.25) is 5.89 Å². The Hall–Kier alpha value is -2.07. The van der Waals surface area contributed by atoms with Crippen LogP contribution in [0, 0.1) is 0 Å². The Balaban J connectivity index is 0.00000261. The van der Waals surface area contributed by atoms with E-state index in [1.165, 1.54) is 0 Å². The van der Waals surface area contributed by atoms with Gasteiger partial charge in [0.05, 0.1) is 18.0 Å². The van der Waals surface area contributed by atoms with Crippen molar-refractivity contribution in [3.05, 3.63) is 59.8 Å². The average molecular weight is 498 g/mol. The molecule has 0 radical (unpaired) electrons. The lowest BCUT2D eigenvalue weighted by atomic mass is 10.3. The van der Waals surface area contributed by atoms with Crippen LogP contribution in [0.25, 0.3) is 10.8 Å². The molecule has 2 N–H and O–H groups in total. The fourth-order valence-corrected chi connectivity index (χ4v) is 2.91. The number of nitrogens with one attached hydrogen (secondary N) is 2. The van der Waals surface area contributed by atoms with Crippen LogP contribution in [0.5, 0.6) is 5.75 Å². The normalized spacial score (nSPS) is 10.9. The molecule has 144 valence electrons. The van der Waals surface area contributed by atoms with Gasteiger partial charge >= 0.3 is 0 Å². The summed E-state index contributed by atoms with van der Waals surface area (Å²) in [5, 5.41) is 8.47. The second-order valence-electron chi connectivity index (χ2n) is 5.40. The molecule has 0 aliphatic rings. The van der Waals surface area contributed by atoms with Gasteiger partial charge in [-0.2, -0.15) is 0 Å². The molecule has 0 unspecified atom stereocenters. The lowest BCUT2D eigenvalue weighted by Gasteiger charge is -2.11. The van der Waals surface area contributed by atoms with Gasteiger partial charge in [-0.05, 0) is 30.5 Å². The number of aromatic nitrogens is 1. The van der Waals surface area contributed by atoms with Crippen LogP contribution in [-0.4, -0.2) is 30.6 Å². The SMILES string of the molecule is CCNC(=NCc1coc(-c2cccs2)n1)NCCOc1ccccc1.I. The van der Waals surface area contributed by atoms with Gasteiger partial charge in [-0.3, -0.25) is 0 Å². The molecule has 8 heteroatoms. The molecule has 1 aromatic carbocycles. The second kappa shape index (κ2) is 11.6. The summed E-state index contributed by atoms with van der Waals surface area (Å²) in [6.07, 6.45) is 1.65. The average Bonchev–Trinajstić information content (AvgIpc) is 3.35. The first-order valence-electron chi connectivity index (χ1n) is 8.53. The van der Waals surface area contributed by atoms with E-state index in [2.05, 4.69) is 20.6 Å². The van der Waals surface area contributed by atoms with Crippen LogP contribution < -0.4 is 15.4 Å². The highest BCUT2D eigenvalue weighted by Crippen LogP contribution is 2.23. The van der Waals surface area contributed by atoms with Gasteiger partial charge in [0.25, 0.3) is 0 Å². The molecular weight excluding hydrogens is 475 g/mol. The Morgan fingerprint density at radius 1 is 1.19 bits per heavy atom. The van der Waals surface area contributed by atoms with E-state index in [1.54, 1.807) is 17.6 Å². The predicted octanol–water partition coefficient (Wildman–Crippen LogP) is 4.16. The van der Waals surface area contributed by atoms with Gasteiger partial charge in [0.1, 0.15) is 24.3 Å². The minimum atomic E-state index is 0. The lowest BCUT2D eigenvalue weighted by molar-refractivity contribution is 0.322. The van der Waals surface area contributed by atoms with E-state index in [0.717, 1.165) is 28.8 Å². The first-order valence-corrected chi connectivity index (χ1v) is 9.41. The largest absolute Gasteiger partial charge is 0.492 e. The van der Waals surface area contributed by atoms with Crippen LogP contribution in [0.3, 0.4) is 0 Å². The molecule has 0 saturated carbocycles. The zero-order valence-electron chi connectivity index (χ0n) is 15.1. The summed E-state index contributed by atoms with van der Waals surface area (Å²) in [6.45, 7) is 4.47. The zero-order valence-corrected chi connectivity index (χ0v) is 18.2. The van der Waals surface area contributed by atoms with Crippen LogP contribution in [0.1, 0.15) is 12.6 Å². The van der Waals surface area contributed by atoms with Gasteiger partial charge in [0.15, 0.2) is 5.96 Å². The van der Waals surface area contributed by atoms with Crippen molar-refractivity contribution in [2.75, 3.05) is 19.7 Å². The van der Waals surface area contributed by atoms with E-state index >= 15 is 0 Å². The van der Waals surface area contributed by atoms with Crippen molar-refractivity contribution < 1.29 is 9.15 Å². The van der Waals surface area contributed by atoms with Crippen LogP contribution in [0.2, 0.25) is 0 Å².